The van der Waals surface area contributed by atoms with Crippen molar-refractivity contribution in [3.05, 3.63) is 0 Å². The van der Waals surface area contributed by atoms with Gasteiger partial charge in [-0.15, -0.1) is 0 Å². The summed E-state index contributed by atoms with van der Waals surface area (Å²) in [6.07, 6.45) is 4.62. The summed E-state index contributed by atoms with van der Waals surface area (Å²) in [4.78, 5) is 2.34. The van der Waals surface area contributed by atoms with Crippen molar-refractivity contribution in [1.82, 2.24) is 10.2 Å². The van der Waals surface area contributed by atoms with Crippen LogP contribution < -0.4 is 5.32 Å². The van der Waals surface area contributed by atoms with Crippen LogP contribution in [0.4, 0.5) is 0 Å². The molecule has 0 radical (unpaired) electrons. The molecule has 0 bridgehead atoms. The Labute approximate surface area is 66.3 Å². The summed E-state index contributed by atoms with van der Waals surface area (Å²) < 4.78 is 0. The maximum Gasteiger partial charge on any atom is 0.0329 e. The van der Waals surface area contributed by atoms with Crippen molar-refractivity contribution in [2.75, 3.05) is 38.5 Å². The van der Waals surface area contributed by atoms with Crippen LogP contribution >= 0.6 is 10.9 Å². The lowest BCUT2D eigenvalue weighted by Gasteiger charge is -2.37. The van der Waals surface area contributed by atoms with Crippen LogP contribution in [0.5, 0.6) is 0 Å². The number of likely N-dealkylation sites (tertiary alicyclic amines) is 1. The normalized spacial score (nSPS) is 22.5. The molecule has 0 saturated carbocycles. The summed E-state index contributed by atoms with van der Waals surface area (Å²) >= 11 is 0. The van der Waals surface area contributed by atoms with E-state index in [-0.39, 0.29) is 10.9 Å². The highest BCUT2D eigenvalue weighted by molar-refractivity contribution is 8.15. The molecular weight excluding hydrogens is 144 g/mol. The zero-order valence-corrected chi connectivity index (χ0v) is 7.99. The van der Waals surface area contributed by atoms with E-state index in [2.05, 4.69) is 29.8 Å². The molecule has 2 nitrogen and oxygen atoms in total. The zero-order valence-electron chi connectivity index (χ0n) is 7.09. The Balaban J connectivity index is 1.95. The van der Waals surface area contributed by atoms with Gasteiger partial charge < -0.3 is 10.2 Å². The van der Waals surface area contributed by atoms with E-state index in [1.54, 1.807) is 0 Å². The highest BCUT2D eigenvalue weighted by Crippen LogP contribution is 2.12. The van der Waals surface area contributed by atoms with Gasteiger partial charge >= 0.3 is 0 Å². The van der Waals surface area contributed by atoms with E-state index < -0.39 is 0 Å². The van der Waals surface area contributed by atoms with Gasteiger partial charge in [-0.3, -0.25) is 0 Å². The van der Waals surface area contributed by atoms with Gasteiger partial charge in [0, 0.05) is 25.0 Å². The first-order chi connectivity index (χ1) is 4.68. The summed E-state index contributed by atoms with van der Waals surface area (Å²) in [6, 6.07) is 0.787. The third kappa shape index (κ3) is 2.48. The molecule has 1 aliphatic rings. The third-order valence-electron chi connectivity index (χ3n) is 1.76. The Kier molecular flexibility index (Phi) is 3.01. The summed E-state index contributed by atoms with van der Waals surface area (Å²) in [6.45, 7) is 2.48. The predicted molar refractivity (Wildman–Crippen MR) is 50.1 cm³/mol. The average molecular weight is 162 g/mol. The lowest BCUT2D eigenvalue weighted by Crippen LogP contribution is -2.56. The topological polar surface area (TPSA) is 15.3 Å². The molecule has 1 rings (SSSR count). The summed E-state index contributed by atoms with van der Waals surface area (Å²) in [5, 5.41) is 3.54. The number of hydrogen-bond donors (Lipinski definition) is 2. The third-order valence-corrected chi connectivity index (χ3v) is 2.58. The van der Waals surface area contributed by atoms with Crippen LogP contribution in [0.1, 0.15) is 0 Å². The molecule has 10 heavy (non-hydrogen) atoms. The van der Waals surface area contributed by atoms with E-state index >= 15 is 0 Å². The second-order valence-corrected chi connectivity index (χ2v) is 5.84. The van der Waals surface area contributed by atoms with Crippen LogP contribution in [0.25, 0.3) is 0 Å². The lowest BCUT2D eigenvalue weighted by atomic mass is 10.1. The van der Waals surface area contributed by atoms with Crippen LogP contribution in [0.3, 0.4) is 0 Å². The van der Waals surface area contributed by atoms with Crippen molar-refractivity contribution in [2.45, 2.75) is 6.04 Å². The predicted octanol–water partition coefficient (Wildman–Crippen LogP) is 0.108. The number of likely N-dealkylation sites (N-methyl/N-ethyl adjacent to an activating group) is 1. The number of nitrogens with one attached hydrogen (secondary N) is 1. The van der Waals surface area contributed by atoms with E-state index in [1.165, 1.54) is 19.0 Å². The quantitative estimate of drug-likeness (QED) is 0.573. The Morgan fingerprint density at radius 2 is 2.10 bits per heavy atom. The molecule has 0 aromatic heterocycles. The van der Waals surface area contributed by atoms with E-state index in [0.717, 1.165) is 6.04 Å². The standard InChI is InChI=1S/C7H18N2S/c1-9-4-7(5-9)8-6-10(2)3/h7-8,10H,4-6H2,1-3H3. The molecule has 62 valence electrons. The van der Waals surface area contributed by atoms with Crippen molar-refractivity contribution >= 4 is 10.9 Å². The van der Waals surface area contributed by atoms with Gasteiger partial charge in [0.15, 0.2) is 0 Å². The molecule has 1 heterocycles. The van der Waals surface area contributed by atoms with Crippen LogP contribution in [0.15, 0.2) is 0 Å². The summed E-state index contributed by atoms with van der Waals surface area (Å²) in [7, 11) is 2.42. The maximum absolute atomic E-state index is 3.54. The molecule has 0 spiro atoms. The van der Waals surface area contributed by atoms with E-state index in [1.807, 2.05) is 0 Å². The highest BCUT2D eigenvalue weighted by Gasteiger charge is 2.21. The monoisotopic (exact) mass is 162 g/mol. The SMILES string of the molecule is CN1CC(NC[SH](C)C)C1. The van der Waals surface area contributed by atoms with Crippen molar-refractivity contribution in [3.63, 3.8) is 0 Å². The van der Waals surface area contributed by atoms with Gasteiger partial charge in [-0.2, -0.15) is 0 Å². The minimum atomic E-state index is 0.251. The Hall–Kier alpha value is 0.270. The van der Waals surface area contributed by atoms with Gasteiger partial charge in [0.2, 0.25) is 0 Å². The molecule has 0 amide bonds. The van der Waals surface area contributed by atoms with Gasteiger partial charge in [0.05, 0.1) is 0 Å². The number of thiol groups is 1. The van der Waals surface area contributed by atoms with Gasteiger partial charge in [-0.25, -0.2) is 10.9 Å². The lowest BCUT2D eigenvalue weighted by molar-refractivity contribution is 0.167. The number of nitrogens with zero attached hydrogens (tertiary/aromatic N) is 1. The maximum atomic E-state index is 3.54. The molecule has 1 saturated heterocycles. The first-order valence-corrected chi connectivity index (χ1v) is 6.17. The highest BCUT2D eigenvalue weighted by atomic mass is 32.2. The van der Waals surface area contributed by atoms with Gasteiger partial charge in [-0.05, 0) is 19.6 Å². The van der Waals surface area contributed by atoms with E-state index in [4.69, 9.17) is 0 Å². The van der Waals surface area contributed by atoms with Crippen LogP contribution in [0.2, 0.25) is 0 Å². The second kappa shape index (κ2) is 3.60. The van der Waals surface area contributed by atoms with Gasteiger partial charge in [0.1, 0.15) is 0 Å². The van der Waals surface area contributed by atoms with Crippen molar-refractivity contribution in [2.24, 2.45) is 0 Å². The molecule has 0 unspecified atom stereocenters. The fraction of sp³-hybridized carbons (Fsp3) is 1.00. The minimum absolute atomic E-state index is 0.251. The largest absolute Gasteiger partial charge is 0.304 e. The molecule has 3 heteroatoms. The smallest absolute Gasteiger partial charge is 0.0329 e. The molecule has 0 atom stereocenters. The van der Waals surface area contributed by atoms with Crippen LogP contribution in [0, 0.1) is 0 Å². The molecule has 1 aliphatic heterocycles. The molecular formula is C7H18N2S. The van der Waals surface area contributed by atoms with Crippen LogP contribution in [-0.2, 0) is 0 Å². The Morgan fingerprint density at radius 3 is 2.50 bits per heavy atom. The first kappa shape index (κ1) is 8.37. The minimum Gasteiger partial charge on any atom is -0.304 e. The fourth-order valence-corrected chi connectivity index (χ4v) is 1.76. The Morgan fingerprint density at radius 1 is 1.50 bits per heavy atom. The number of hydrogen-bond acceptors (Lipinski definition) is 2. The molecule has 0 aromatic rings. The number of rotatable bonds is 3. The first-order valence-electron chi connectivity index (χ1n) is 3.75. The second-order valence-electron chi connectivity index (χ2n) is 3.36. The zero-order chi connectivity index (χ0) is 7.56. The summed E-state index contributed by atoms with van der Waals surface area (Å²) in [5.41, 5.74) is 0. The molecule has 0 aliphatic carbocycles. The van der Waals surface area contributed by atoms with Crippen LogP contribution in [-0.4, -0.2) is 49.5 Å². The summed E-state index contributed by atoms with van der Waals surface area (Å²) in [5.74, 6) is 1.23. The average Bonchev–Trinajstić information content (AvgIpc) is 1.77. The fourth-order valence-electron chi connectivity index (χ4n) is 1.14. The van der Waals surface area contributed by atoms with Crippen molar-refractivity contribution in [3.8, 4) is 0 Å². The van der Waals surface area contributed by atoms with Crippen molar-refractivity contribution in [1.29, 1.82) is 0 Å². The molecule has 1 fully saturated rings. The van der Waals surface area contributed by atoms with E-state index in [9.17, 15) is 0 Å². The molecule has 0 aromatic carbocycles. The van der Waals surface area contributed by atoms with Crippen molar-refractivity contribution < 1.29 is 0 Å². The van der Waals surface area contributed by atoms with E-state index in [0.29, 0.717) is 0 Å². The molecule has 1 N–H and O–H groups in total. The Bertz CT molecular complexity index is 99.8. The van der Waals surface area contributed by atoms with Gasteiger partial charge in [0.25, 0.3) is 0 Å². The van der Waals surface area contributed by atoms with Gasteiger partial charge in [-0.1, -0.05) is 0 Å².